The zero-order valence-electron chi connectivity index (χ0n) is 10.3. The van der Waals surface area contributed by atoms with Crippen molar-refractivity contribution in [2.45, 2.75) is 25.8 Å². The fraction of sp³-hybridized carbons (Fsp3) is 0.636. The van der Waals surface area contributed by atoms with Crippen LogP contribution in [0.4, 0.5) is 11.6 Å². The van der Waals surface area contributed by atoms with Crippen molar-refractivity contribution in [3.8, 4) is 0 Å². The van der Waals surface area contributed by atoms with Gasteiger partial charge < -0.3 is 20.9 Å². The topological polar surface area (TPSA) is 93.3 Å². The number of aryl methyl sites for hydroxylation is 1. The number of nitrogens with two attached hydrogens (primary N) is 1. The molecule has 4 N–H and O–H groups in total. The number of nitrogens with zero attached hydrogens (tertiary/aromatic N) is 2. The molecule has 0 amide bonds. The number of hydrogen-bond acceptors (Lipinski definition) is 6. The Balaban J connectivity index is 2.73. The predicted molar refractivity (Wildman–Crippen MR) is 66.8 cm³/mol. The molecule has 1 heterocycles. The van der Waals surface area contributed by atoms with Crippen LogP contribution in [0.2, 0.25) is 0 Å². The number of hydrogen-bond donors (Lipinski definition) is 3. The Morgan fingerprint density at radius 1 is 1.53 bits per heavy atom. The smallest absolute Gasteiger partial charge is 0.132 e. The molecular weight excluding hydrogens is 220 g/mol. The van der Waals surface area contributed by atoms with E-state index in [2.05, 4.69) is 15.3 Å². The third kappa shape index (κ3) is 4.54. The maximum atomic E-state index is 8.94. The van der Waals surface area contributed by atoms with Crippen molar-refractivity contribution >= 4 is 11.6 Å². The van der Waals surface area contributed by atoms with Gasteiger partial charge in [0.15, 0.2) is 0 Å². The van der Waals surface area contributed by atoms with E-state index in [1.807, 2.05) is 6.92 Å². The molecule has 0 aliphatic carbocycles. The molecule has 6 heteroatoms. The molecule has 1 rings (SSSR count). The van der Waals surface area contributed by atoms with Gasteiger partial charge in [-0.15, -0.1) is 0 Å². The van der Waals surface area contributed by atoms with Crippen LogP contribution in [0, 0.1) is 0 Å². The number of ether oxygens (including phenoxy) is 1. The van der Waals surface area contributed by atoms with Crippen LogP contribution in [0.3, 0.4) is 0 Å². The van der Waals surface area contributed by atoms with Crippen molar-refractivity contribution in [2.24, 2.45) is 0 Å². The first-order chi connectivity index (χ1) is 8.19. The number of nitrogen functional groups attached to an aromatic ring is 1. The van der Waals surface area contributed by atoms with Crippen molar-refractivity contribution in [3.05, 3.63) is 11.9 Å². The number of nitrogens with one attached hydrogen (secondary N) is 1. The van der Waals surface area contributed by atoms with E-state index >= 15 is 0 Å². The number of methoxy groups -OCH3 is 1. The molecule has 1 atom stereocenters. The molecule has 0 fully saturated rings. The Kier molecular flexibility index (Phi) is 5.65. The summed E-state index contributed by atoms with van der Waals surface area (Å²) in [5.74, 6) is 1.82. The molecule has 0 aliphatic heterocycles. The maximum Gasteiger partial charge on any atom is 0.132 e. The van der Waals surface area contributed by atoms with Crippen LogP contribution in [0.15, 0.2) is 6.07 Å². The number of aromatic nitrogens is 2. The van der Waals surface area contributed by atoms with Crippen LogP contribution in [-0.4, -0.2) is 41.4 Å². The van der Waals surface area contributed by atoms with E-state index in [-0.39, 0.29) is 12.6 Å². The van der Waals surface area contributed by atoms with Crippen LogP contribution in [-0.2, 0) is 11.2 Å². The SMILES string of the molecule is CCc1nc(N)cc(NC(CCO)COC)n1. The Bertz CT molecular complexity index is 340. The summed E-state index contributed by atoms with van der Waals surface area (Å²) in [4.78, 5) is 8.41. The lowest BCUT2D eigenvalue weighted by Gasteiger charge is -2.17. The molecule has 0 aromatic carbocycles. The number of rotatable bonds is 7. The molecule has 1 aromatic rings. The first kappa shape index (κ1) is 13.7. The largest absolute Gasteiger partial charge is 0.396 e. The zero-order valence-corrected chi connectivity index (χ0v) is 10.3. The lowest BCUT2D eigenvalue weighted by Crippen LogP contribution is -2.27. The van der Waals surface area contributed by atoms with E-state index in [1.165, 1.54) is 0 Å². The van der Waals surface area contributed by atoms with E-state index in [1.54, 1.807) is 13.2 Å². The quantitative estimate of drug-likeness (QED) is 0.640. The molecule has 0 aliphatic rings. The number of aliphatic hydroxyl groups excluding tert-OH is 1. The van der Waals surface area contributed by atoms with Gasteiger partial charge in [0.2, 0.25) is 0 Å². The third-order valence-corrected chi connectivity index (χ3v) is 2.31. The highest BCUT2D eigenvalue weighted by Gasteiger charge is 2.09. The number of anilines is 2. The molecule has 96 valence electrons. The highest BCUT2D eigenvalue weighted by molar-refractivity contribution is 5.45. The van der Waals surface area contributed by atoms with Crippen molar-refractivity contribution in [1.82, 2.24) is 9.97 Å². The summed E-state index contributed by atoms with van der Waals surface area (Å²) in [6, 6.07) is 1.70. The molecule has 0 spiro atoms. The van der Waals surface area contributed by atoms with Gasteiger partial charge >= 0.3 is 0 Å². The molecule has 6 nitrogen and oxygen atoms in total. The maximum absolute atomic E-state index is 8.94. The highest BCUT2D eigenvalue weighted by Crippen LogP contribution is 2.11. The van der Waals surface area contributed by atoms with Crippen LogP contribution in [0.25, 0.3) is 0 Å². The molecular formula is C11H20N4O2. The summed E-state index contributed by atoms with van der Waals surface area (Å²) in [6.07, 6.45) is 1.33. The lowest BCUT2D eigenvalue weighted by atomic mass is 10.2. The van der Waals surface area contributed by atoms with Gasteiger partial charge in [-0.2, -0.15) is 0 Å². The van der Waals surface area contributed by atoms with Gasteiger partial charge in [0.1, 0.15) is 17.5 Å². The van der Waals surface area contributed by atoms with Crippen LogP contribution in [0.5, 0.6) is 0 Å². The van der Waals surface area contributed by atoms with Crippen molar-refractivity contribution in [3.63, 3.8) is 0 Å². The average Bonchev–Trinajstić information content (AvgIpc) is 2.29. The van der Waals surface area contributed by atoms with Crippen molar-refractivity contribution in [2.75, 3.05) is 31.4 Å². The fourth-order valence-electron chi connectivity index (χ4n) is 1.51. The van der Waals surface area contributed by atoms with E-state index in [4.69, 9.17) is 15.6 Å². The van der Waals surface area contributed by atoms with Gasteiger partial charge in [-0.3, -0.25) is 0 Å². The normalized spacial score (nSPS) is 12.4. The monoisotopic (exact) mass is 240 g/mol. The summed E-state index contributed by atoms with van der Waals surface area (Å²) < 4.78 is 5.07. The van der Waals surface area contributed by atoms with E-state index in [9.17, 15) is 0 Å². The minimum Gasteiger partial charge on any atom is -0.396 e. The third-order valence-electron chi connectivity index (χ3n) is 2.31. The summed E-state index contributed by atoms with van der Waals surface area (Å²) in [5.41, 5.74) is 5.69. The van der Waals surface area contributed by atoms with Gasteiger partial charge in [-0.05, 0) is 6.42 Å². The molecule has 17 heavy (non-hydrogen) atoms. The lowest BCUT2D eigenvalue weighted by molar-refractivity contribution is 0.170. The Hall–Kier alpha value is -1.40. The summed E-state index contributed by atoms with van der Waals surface area (Å²) >= 11 is 0. The molecule has 0 saturated carbocycles. The summed E-state index contributed by atoms with van der Waals surface area (Å²) in [6.45, 7) is 2.58. The van der Waals surface area contributed by atoms with Crippen LogP contribution >= 0.6 is 0 Å². The van der Waals surface area contributed by atoms with Gasteiger partial charge in [0.25, 0.3) is 0 Å². The van der Waals surface area contributed by atoms with E-state index in [0.717, 1.165) is 6.42 Å². The second kappa shape index (κ2) is 7.03. The first-order valence-electron chi connectivity index (χ1n) is 5.69. The minimum absolute atomic E-state index is 0.0176. The summed E-state index contributed by atoms with van der Waals surface area (Å²) in [7, 11) is 1.62. The highest BCUT2D eigenvalue weighted by atomic mass is 16.5. The predicted octanol–water partition coefficient (Wildman–Crippen LogP) is 0.430. The minimum atomic E-state index is 0.0176. The Morgan fingerprint density at radius 3 is 2.88 bits per heavy atom. The second-order valence-electron chi connectivity index (χ2n) is 3.76. The Labute approximate surface area is 101 Å². The van der Waals surface area contributed by atoms with Gasteiger partial charge in [-0.1, -0.05) is 6.92 Å². The van der Waals surface area contributed by atoms with E-state index < -0.39 is 0 Å². The average molecular weight is 240 g/mol. The van der Waals surface area contributed by atoms with Crippen LogP contribution in [0.1, 0.15) is 19.2 Å². The first-order valence-corrected chi connectivity index (χ1v) is 5.69. The van der Waals surface area contributed by atoms with Gasteiger partial charge in [-0.25, -0.2) is 9.97 Å². The second-order valence-corrected chi connectivity index (χ2v) is 3.76. The zero-order chi connectivity index (χ0) is 12.7. The fourth-order valence-corrected chi connectivity index (χ4v) is 1.51. The molecule has 0 radical (unpaired) electrons. The molecule has 1 aromatic heterocycles. The van der Waals surface area contributed by atoms with Gasteiger partial charge in [0, 0.05) is 26.2 Å². The molecule has 1 unspecified atom stereocenters. The Morgan fingerprint density at radius 2 is 2.29 bits per heavy atom. The molecule has 0 bridgehead atoms. The van der Waals surface area contributed by atoms with E-state index in [0.29, 0.717) is 30.5 Å². The van der Waals surface area contributed by atoms with Crippen LogP contribution < -0.4 is 11.1 Å². The molecule has 0 saturated heterocycles. The van der Waals surface area contributed by atoms with Crippen molar-refractivity contribution < 1.29 is 9.84 Å². The standard InChI is InChI=1S/C11H20N4O2/c1-3-10-14-9(12)6-11(15-10)13-8(4-5-16)7-17-2/h6,8,16H,3-5,7H2,1-2H3,(H3,12,13,14,15). The number of aliphatic hydroxyl groups is 1. The summed E-state index contributed by atoms with van der Waals surface area (Å²) in [5, 5.41) is 12.1. The van der Waals surface area contributed by atoms with Gasteiger partial charge in [0.05, 0.1) is 12.6 Å². The van der Waals surface area contributed by atoms with Crippen molar-refractivity contribution in [1.29, 1.82) is 0 Å².